The molecule has 0 heterocycles. The maximum absolute atomic E-state index is 11.9. The zero-order valence-electron chi connectivity index (χ0n) is 10.0. The Kier molecular flexibility index (Phi) is 4.97. The molecule has 94 valence electrons. The fourth-order valence-corrected chi connectivity index (χ4v) is 1.86. The number of carbonyl (C=O) groups is 1. The van der Waals surface area contributed by atoms with E-state index in [0.717, 1.165) is 18.4 Å². The Labute approximate surface area is 108 Å². The number of rotatable bonds is 4. The van der Waals surface area contributed by atoms with Gasteiger partial charge in [0, 0.05) is 13.1 Å². The van der Waals surface area contributed by atoms with Crippen LogP contribution in [0.5, 0.6) is 0 Å². The van der Waals surface area contributed by atoms with Gasteiger partial charge in [-0.2, -0.15) is 0 Å². The molecule has 1 unspecified atom stereocenters. The van der Waals surface area contributed by atoms with Crippen molar-refractivity contribution in [2.75, 3.05) is 7.05 Å². The molecule has 1 aliphatic rings. The molecule has 0 saturated heterocycles. The van der Waals surface area contributed by atoms with Crippen molar-refractivity contribution in [1.29, 1.82) is 0 Å². The third kappa shape index (κ3) is 3.72. The monoisotopic (exact) mass is 254 g/mol. The first kappa shape index (κ1) is 14.0. The molecular weight excluding hydrogens is 236 g/mol. The lowest BCUT2D eigenvalue weighted by Gasteiger charge is -2.20. The third-order valence-corrected chi connectivity index (χ3v) is 3.06. The summed E-state index contributed by atoms with van der Waals surface area (Å²) in [5.74, 6) is 0.0614. The van der Waals surface area contributed by atoms with E-state index in [2.05, 4.69) is 0 Å². The predicted molar refractivity (Wildman–Crippen MR) is 71.2 cm³/mol. The molecule has 3 nitrogen and oxygen atoms in total. The molecule has 2 rings (SSSR count). The molecule has 0 aliphatic heterocycles. The van der Waals surface area contributed by atoms with Crippen LogP contribution in [0, 0.1) is 0 Å². The van der Waals surface area contributed by atoms with Gasteiger partial charge in [-0.3, -0.25) is 4.79 Å². The molecule has 17 heavy (non-hydrogen) atoms. The van der Waals surface area contributed by atoms with Gasteiger partial charge in [0.25, 0.3) is 0 Å². The number of benzene rings is 1. The molecule has 0 bridgehead atoms. The van der Waals surface area contributed by atoms with Crippen LogP contribution in [0.25, 0.3) is 0 Å². The average molecular weight is 255 g/mol. The van der Waals surface area contributed by atoms with Gasteiger partial charge in [0.05, 0.1) is 6.04 Å². The highest BCUT2D eigenvalue weighted by Gasteiger charge is 2.31. The number of nitrogens with zero attached hydrogens (tertiary/aromatic N) is 1. The molecule has 0 radical (unpaired) electrons. The summed E-state index contributed by atoms with van der Waals surface area (Å²) < 4.78 is 0. The zero-order chi connectivity index (χ0) is 11.5. The molecule has 1 aromatic rings. The fraction of sp³-hybridized carbons (Fsp3) is 0.462. The first-order valence-corrected chi connectivity index (χ1v) is 5.74. The van der Waals surface area contributed by atoms with Crippen LogP contribution in [0.2, 0.25) is 0 Å². The third-order valence-electron chi connectivity index (χ3n) is 3.06. The quantitative estimate of drug-likeness (QED) is 0.887. The predicted octanol–water partition coefficient (Wildman–Crippen LogP) is 1.60. The summed E-state index contributed by atoms with van der Waals surface area (Å²) in [5.41, 5.74) is 7.04. The summed E-state index contributed by atoms with van der Waals surface area (Å²) in [6, 6.07) is 9.94. The molecule has 1 saturated carbocycles. The topological polar surface area (TPSA) is 46.3 Å². The maximum Gasteiger partial charge on any atom is 0.239 e. The minimum Gasteiger partial charge on any atom is -0.341 e. The van der Waals surface area contributed by atoms with E-state index in [0.29, 0.717) is 12.5 Å². The van der Waals surface area contributed by atoms with Gasteiger partial charge in [-0.25, -0.2) is 0 Å². The SMILES string of the molecule is CN(C(=O)C(N)Cc1ccccc1)C1CC1.Cl. The van der Waals surface area contributed by atoms with E-state index in [1.807, 2.05) is 37.4 Å². The van der Waals surface area contributed by atoms with Crippen LogP contribution in [-0.4, -0.2) is 29.9 Å². The first-order chi connectivity index (χ1) is 7.68. The van der Waals surface area contributed by atoms with Crippen LogP contribution in [-0.2, 0) is 11.2 Å². The lowest BCUT2D eigenvalue weighted by molar-refractivity contribution is -0.131. The van der Waals surface area contributed by atoms with Crippen LogP contribution >= 0.6 is 12.4 Å². The van der Waals surface area contributed by atoms with Crippen LogP contribution in [0.15, 0.2) is 30.3 Å². The molecule has 1 aliphatic carbocycles. The summed E-state index contributed by atoms with van der Waals surface area (Å²) in [6.45, 7) is 0. The number of hydrogen-bond acceptors (Lipinski definition) is 2. The van der Waals surface area contributed by atoms with Gasteiger partial charge in [-0.15, -0.1) is 12.4 Å². The minimum absolute atomic E-state index is 0. The van der Waals surface area contributed by atoms with Gasteiger partial charge < -0.3 is 10.6 Å². The number of hydrogen-bond donors (Lipinski definition) is 1. The largest absolute Gasteiger partial charge is 0.341 e. The molecule has 1 amide bonds. The standard InChI is InChI=1S/C13H18N2O.ClH/c1-15(11-7-8-11)13(16)12(14)9-10-5-3-2-4-6-10;/h2-6,11-12H,7-9,14H2,1H3;1H. The molecule has 0 aromatic heterocycles. The zero-order valence-corrected chi connectivity index (χ0v) is 10.8. The molecule has 1 atom stereocenters. The van der Waals surface area contributed by atoms with E-state index in [9.17, 15) is 4.79 Å². The Morgan fingerprint density at radius 1 is 1.41 bits per heavy atom. The number of carbonyl (C=O) groups excluding carboxylic acids is 1. The van der Waals surface area contributed by atoms with Crippen molar-refractivity contribution in [3.8, 4) is 0 Å². The van der Waals surface area contributed by atoms with Gasteiger partial charge in [0.15, 0.2) is 0 Å². The molecule has 0 spiro atoms. The number of amides is 1. The maximum atomic E-state index is 11.9. The van der Waals surface area contributed by atoms with E-state index in [4.69, 9.17) is 5.73 Å². The second kappa shape index (κ2) is 6.03. The Hall–Kier alpha value is -1.06. The molecule has 1 fully saturated rings. The van der Waals surface area contributed by atoms with Crippen molar-refractivity contribution in [3.63, 3.8) is 0 Å². The van der Waals surface area contributed by atoms with Gasteiger partial charge >= 0.3 is 0 Å². The van der Waals surface area contributed by atoms with Crippen molar-refractivity contribution in [3.05, 3.63) is 35.9 Å². The van der Waals surface area contributed by atoms with Gasteiger partial charge in [-0.05, 0) is 24.8 Å². The molecule has 2 N–H and O–H groups in total. The summed E-state index contributed by atoms with van der Waals surface area (Å²) in [5, 5.41) is 0. The fourth-order valence-electron chi connectivity index (χ4n) is 1.86. The highest BCUT2D eigenvalue weighted by atomic mass is 35.5. The Bertz CT molecular complexity index is 365. The van der Waals surface area contributed by atoms with Crippen molar-refractivity contribution in [1.82, 2.24) is 4.90 Å². The summed E-state index contributed by atoms with van der Waals surface area (Å²) in [4.78, 5) is 13.7. The average Bonchev–Trinajstić information content (AvgIpc) is 3.12. The normalized spacial score (nSPS) is 15.9. The van der Waals surface area contributed by atoms with E-state index < -0.39 is 6.04 Å². The van der Waals surface area contributed by atoms with Gasteiger partial charge in [-0.1, -0.05) is 30.3 Å². The van der Waals surface area contributed by atoms with E-state index in [1.165, 1.54) is 0 Å². The van der Waals surface area contributed by atoms with E-state index in [-0.39, 0.29) is 18.3 Å². The second-order valence-electron chi connectivity index (χ2n) is 4.48. The van der Waals surface area contributed by atoms with Crippen LogP contribution in [0.1, 0.15) is 18.4 Å². The second-order valence-corrected chi connectivity index (χ2v) is 4.48. The Morgan fingerprint density at radius 3 is 2.53 bits per heavy atom. The molecule has 4 heteroatoms. The van der Waals surface area contributed by atoms with Gasteiger partial charge in [0.2, 0.25) is 5.91 Å². The highest BCUT2D eigenvalue weighted by molar-refractivity contribution is 5.85. The molecular formula is C13H19ClN2O. The first-order valence-electron chi connectivity index (χ1n) is 5.74. The van der Waals surface area contributed by atoms with Crippen LogP contribution < -0.4 is 5.73 Å². The van der Waals surface area contributed by atoms with E-state index in [1.54, 1.807) is 4.90 Å². The number of nitrogens with two attached hydrogens (primary N) is 1. The summed E-state index contributed by atoms with van der Waals surface area (Å²) >= 11 is 0. The Morgan fingerprint density at radius 2 is 2.00 bits per heavy atom. The smallest absolute Gasteiger partial charge is 0.239 e. The summed E-state index contributed by atoms with van der Waals surface area (Å²) in [7, 11) is 1.85. The molecule has 1 aromatic carbocycles. The van der Waals surface area contributed by atoms with Crippen molar-refractivity contribution in [2.24, 2.45) is 5.73 Å². The Balaban J connectivity index is 0.00000144. The lowest BCUT2D eigenvalue weighted by atomic mass is 10.1. The van der Waals surface area contributed by atoms with Crippen LogP contribution in [0.3, 0.4) is 0 Å². The minimum atomic E-state index is -0.409. The highest BCUT2D eigenvalue weighted by Crippen LogP contribution is 2.25. The summed E-state index contributed by atoms with van der Waals surface area (Å²) in [6.07, 6.45) is 2.87. The van der Waals surface area contributed by atoms with Gasteiger partial charge in [0.1, 0.15) is 0 Å². The van der Waals surface area contributed by atoms with E-state index >= 15 is 0 Å². The number of likely N-dealkylation sites (N-methyl/N-ethyl adjacent to an activating group) is 1. The van der Waals surface area contributed by atoms with Crippen molar-refractivity contribution >= 4 is 18.3 Å². The number of halogens is 1. The van der Waals surface area contributed by atoms with Crippen LogP contribution in [0.4, 0.5) is 0 Å². The lowest BCUT2D eigenvalue weighted by Crippen LogP contribution is -2.44. The van der Waals surface area contributed by atoms with Crippen molar-refractivity contribution in [2.45, 2.75) is 31.3 Å². The van der Waals surface area contributed by atoms with Crippen molar-refractivity contribution < 1.29 is 4.79 Å².